The molecule has 8 heteroatoms. The van der Waals surface area contributed by atoms with Gasteiger partial charge in [-0.05, 0) is 75.6 Å². The SMILES string of the molecule is CN(C)c1nc(N[C@H]2CC[C@@H](NC(=O)Nc3cccc(Oc4ccccc4)c3)CC2)nc2c1CCCC2. The lowest BCUT2D eigenvalue weighted by atomic mass is 9.91. The van der Waals surface area contributed by atoms with Crippen molar-refractivity contribution in [3.8, 4) is 11.5 Å². The summed E-state index contributed by atoms with van der Waals surface area (Å²) in [6.07, 6.45) is 8.24. The Labute approximate surface area is 218 Å². The average Bonchev–Trinajstić information content (AvgIpc) is 2.90. The molecule has 0 atom stereocenters. The molecule has 37 heavy (non-hydrogen) atoms. The highest BCUT2D eigenvalue weighted by atomic mass is 16.5. The minimum atomic E-state index is -0.193. The molecule has 1 saturated carbocycles. The summed E-state index contributed by atoms with van der Waals surface area (Å²) in [6, 6.07) is 17.3. The third-order valence-electron chi connectivity index (χ3n) is 7.05. The number of nitrogens with zero attached hydrogens (tertiary/aromatic N) is 3. The summed E-state index contributed by atoms with van der Waals surface area (Å²) < 4.78 is 5.87. The zero-order valence-electron chi connectivity index (χ0n) is 21.7. The lowest BCUT2D eigenvalue weighted by Crippen LogP contribution is -2.42. The number of hydrogen-bond donors (Lipinski definition) is 3. The van der Waals surface area contributed by atoms with Crippen LogP contribution in [-0.2, 0) is 12.8 Å². The van der Waals surface area contributed by atoms with Crippen LogP contribution in [0, 0.1) is 0 Å². The molecule has 0 saturated heterocycles. The van der Waals surface area contributed by atoms with Crippen molar-refractivity contribution in [2.75, 3.05) is 29.6 Å². The second-order valence-electron chi connectivity index (χ2n) is 10.1. The monoisotopic (exact) mass is 500 g/mol. The maximum atomic E-state index is 12.7. The molecule has 8 nitrogen and oxygen atoms in total. The van der Waals surface area contributed by atoms with Crippen LogP contribution in [0.3, 0.4) is 0 Å². The van der Waals surface area contributed by atoms with Crippen LogP contribution in [0.25, 0.3) is 0 Å². The Morgan fingerprint density at radius 1 is 0.892 bits per heavy atom. The Morgan fingerprint density at radius 3 is 2.41 bits per heavy atom. The van der Waals surface area contributed by atoms with Crippen molar-refractivity contribution < 1.29 is 9.53 Å². The van der Waals surface area contributed by atoms with Crippen molar-refractivity contribution in [2.45, 2.75) is 63.5 Å². The molecule has 2 aliphatic carbocycles. The number of fused-ring (bicyclic) bond motifs is 1. The van der Waals surface area contributed by atoms with Crippen LogP contribution in [0.15, 0.2) is 54.6 Å². The molecule has 3 aromatic rings. The van der Waals surface area contributed by atoms with Gasteiger partial charge in [-0.25, -0.2) is 9.78 Å². The van der Waals surface area contributed by atoms with Gasteiger partial charge in [0.1, 0.15) is 17.3 Å². The number of carbonyl (C=O) groups excluding carboxylic acids is 1. The molecule has 0 aliphatic heterocycles. The smallest absolute Gasteiger partial charge is 0.319 e. The van der Waals surface area contributed by atoms with E-state index in [0.29, 0.717) is 17.5 Å². The van der Waals surface area contributed by atoms with E-state index in [4.69, 9.17) is 14.7 Å². The number of ether oxygens (including phenoxy) is 1. The van der Waals surface area contributed by atoms with Crippen LogP contribution < -0.4 is 25.6 Å². The van der Waals surface area contributed by atoms with E-state index in [0.717, 1.165) is 56.0 Å². The Morgan fingerprint density at radius 2 is 1.62 bits per heavy atom. The Kier molecular flexibility index (Phi) is 7.73. The molecule has 1 aromatic heterocycles. The standard InChI is InChI=1S/C29H36N6O2/c1-35(2)27-25-13-6-7-14-26(25)33-28(34-27)30-20-15-17-21(18-16-20)31-29(36)32-22-9-8-12-24(19-22)37-23-10-4-3-5-11-23/h3-5,8-12,19-21H,6-7,13-18H2,1-2H3,(H,30,33,34)(H2,31,32,36)/t20-,21+. The summed E-state index contributed by atoms with van der Waals surface area (Å²) >= 11 is 0. The van der Waals surface area contributed by atoms with Crippen LogP contribution in [-0.4, -0.2) is 42.2 Å². The van der Waals surface area contributed by atoms with Crippen molar-refractivity contribution in [1.82, 2.24) is 15.3 Å². The van der Waals surface area contributed by atoms with Crippen molar-refractivity contribution in [3.63, 3.8) is 0 Å². The molecule has 0 spiro atoms. The molecule has 3 N–H and O–H groups in total. The first-order valence-electron chi connectivity index (χ1n) is 13.3. The van der Waals surface area contributed by atoms with E-state index in [1.165, 1.54) is 24.1 Å². The fourth-order valence-corrected chi connectivity index (χ4v) is 5.19. The summed E-state index contributed by atoms with van der Waals surface area (Å²) in [5, 5.41) is 9.65. The second kappa shape index (κ2) is 11.5. The maximum absolute atomic E-state index is 12.7. The lowest BCUT2D eigenvalue weighted by Gasteiger charge is -2.30. The van der Waals surface area contributed by atoms with Crippen LogP contribution in [0.5, 0.6) is 11.5 Å². The molecular formula is C29H36N6O2. The Hall–Kier alpha value is -3.81. The number of nitrogens with one attached hydrogen (secondary N) is 3. The molecule has 1 fully saturated rings. The number of hydrogen-bond acceptors (Lipinski definition) is 6. The van der Waals surface area contributed by atoms with E-state index in [1.54, 1.807) is 0 Å². The van der Waals surface area contributed by atoms with Crippen molar-refractivity contribution in [3.05, 3.63) is 65.9 Å². The van der Waals surface area contributed by atoms with E-state index in [9.17, 15) is 4.79 Å². The molecule has 1 heterocycles. The zero-order chi connectivity index (χ0) is 25.6. The van der Waals surface area contributed by atoms with Crippen LogP contribution in [0.4, 0.5) is 22.2 Å². The number of aromatic nitrogens is 2. The molecule has 0 bridgehead atoms. The van der Waals surface area contributed by atoms with E-state index < -0.39 is 0 Å². The molecule has 0 radical (unpaired) electrons. The summed E-state index contributed by atoms with van der Waals surface area (Å²) in [4.78, 5) is 24.5. The fraction of sp³-hybridized carbons (Fsp3) is 0.414. The van der Waals surface area contributed by atoms with Gasteiger partial charge >= 0.3 is 6.03 Å². The highest BCUT2D eigenvalue weighted by molar-refractivity contribution is 5.89. The first-order valence-corrected chi connectivity index (χ1v) is 13.3. The van der Waals surface area contributed by atoms with Gasteiger partial charge in [0.25, 0.3) is 0 Å². The van der Waals surface area contributed by atoms with Crippen LogP contribution in [0.1, 0.15) is 49.8 Å². The molecule has 2 amide bonds. The zero-order valence-corrected chi connectivity index (χ0v) is 21.7. The molecule has 2 aromatic carbocycles. The number of para-hydroxylation sites is 1. The van der Waals surface area contributed by atoms with E-state index in [2.05, 4.69) is 34.9 Å². The summed E-state index contributed by atoms with van der Waals surface area (Å²) in [7, 11) is 4.10. The average molecular weight is 501 g/mol. The van der Waals surface area contributed by atoms with Gasteiger partial charge in [-0.2, -0.15) is 4.98 Å². The first kappa shape index (κ1) is 24.9. The van der Waals surface area contributed by atoms with Gasteiger partial charge in [-0.15, -0.1) is 0 Å². The topological polar surface area (TPSA) is 91.4 Å². The molecular weight excluding hydrogens is 464 g/mol. The van der Waals surface area contributed by atoms with Crippen molar-refractivity contribution in [1.29, 1.82) is 0 Å². The van der Waals surface area contributed by atoms with E-state index in [-0.39, 0.29) is 12.1 Å². The number of benzene rings is 2. The van der Waals surface area contributed by atoms with E-state index in [1.807, 2.05) is 54.6 Å². The van der Waals surface area contributed by atoms with Crippen LogP contribution in [0.2, 0.25) is 0 Å². The predicted octanol–water partition coefficient (Wildman–Crippen LogP) is 5.76. The summed E-state index contributed by atoms with van der Waals surface area (Å²) in [6.45, 7) is 0. The predicted molar refractivity (Wildman–Crippen MR) is 148 cm³/mol. The maximum Gasteiger partial charge on any atom is 0.319 e. The number of anilines is 3. The summed E-state index contributed by atoms with van der Waals surface area (Å²) in [5.41, 5.74) is 3.19. The molecule has 194 valence electrons. The summed E-state index contributed by atoms with van der Waals surface area (Å²) in [5.74, 6) is 3.21. The molecule has 0 unspecified atom stereocenters. The normalized spacial score (nSPS) is 18.9. The first-order chi connectivity index (χ1) is 18.0. The van der Waals surface area contributed by atoms with Gasteiger partial charge in [0.2, 0.25) is 5.95 Å². The molecule has 5 rings (SSSR count). The second-order valence-corrected chi connectivity index (χ2v) is 10.1. The number of rotatable bonds is 7. The minimum Gasteiger partial charge on any atom is -0.457 e. The van der Waals surface area contributed by atoms with Gasteiger partial charge in [-0.1, -0.05) is 24.3 Å². The highest BCUT2D eigenvalue weighted by Gasteiger charge is 2.25. The Balaban J connectivity index is 1.11. The molecule has 2 aliphatic rings. The van der Waals surface area contributed by atoms with Gasteiger partial charge in [0, 0.05) is 43.5 Å². The number of amides is 2. The number of carbonyl (C=O) groups is 1. The van der Waals surface area contributed by atoms with Gasteiger partial charge < -0.3 is 25.6 Å². The highest BCUT2D eigenvalue weighted by Crippen LogP contribution is 2.29. The Bertz CT molecular complexity index is 1210. The van der Waals surface area contributed by atoms with Crippen molar-refractivity contribution >= 4 is 23.5 Å². The van der Waals surface area contributed by atoms with Gasteiger partial charge in [-0.3, -0.25) is 0 Å². The third-order valence-corrected chi connectivity index (χ3v) is 7.05. The van der Waals surface area contributed by atoms with Crippen molar-refractivity contribution in [2.24, 2.45) is 0 Å². The quantitative estimate of drug-likeness (QED) is 0.382. The number of aryl methyl sites for hydroxylation is 1. The fourth-order valence-electron chi connectivity index (χ4n) is 5.19. The van der Waals surface area contributed by atoms with Gasteiger partial charge in [0.05, 0.1) is 5.69 Å². The minimum absolute atomic E-state index is 0.142. The van der Waals surface area contributed by atoms with Crippen LogP contribution >= 0.6 is 0 Å². The lowest BCUT2D eigenvalue weighted by molar-refractivity contribution is 0.243. The van der Waals surface area contributed by atoms with Gasteiger partial charge in [0.15, 0.2) is 0 Å². The van der Waals surface area contributed by atoms with E-state index >= 15 is 0 Å². The number of urea groups is 1. The third kappa shape index (κ3) is 6.50. The largest absolute Gasteiger partial charge is 0.457 e.